The molecule has 1 N–H and O–H groups in total. The van der Waals surface area contributed by atoms with Gasteiger partial charge < -0.3 is 10.1 Å². The van der Waals surface area contributed by atoms with E-state index >= 15 is 0 Å². The lowest BCUT2D eigenvalue weighted by molar-refractivity contribution is 0.304. The highest BCUT2D eigenvalue weighted by atomic mass is 16.5. The van der Waals surface area contributed by atoms with Gasteiger partial charge in [0.15, 0.2) is 0 Å². The Morgan fingerprint density at radius 3 is 2.26 bits per heavy atom. The molecule has 0 heterocycles. The molecule has 2 aromatic rings. The maximum Gasteiger partial charge on any atom is 0.119 e. The first-order valence-electron chi connectivity index (χ1n) is 6.76. The van der Waals surface area contributed by atoms with E-state index in [1.807, 2.05) is 19.2 Å². The second-order valence-electron chi connectivity index (χ2n) is 4.59. The van der Waals surface area contributed by atoms with Crippen molar-refractivity contribution in [2.75, 3.05) is 7.05 Å². The lowest BCUT2D eigenvalue weighted by Gasteiger charge is -2.11. The Hall–Kier alpha value is -1.80. The molecule has 0 unspecified atom stereocenters. The normalized spacial score (nSPS) is 10.4. The summed E-state index contributed by atoms with van der Waals surface area (Å²) in [5, 5.41) is 3.18. The number of ether oxygens (including phenoxy) is 1. The number of aryl methyl sites for hydroxylation is 1. The van der Waals surface area contributed by atoms with Gasteiger partial charge in [0, 0.05) is 6.54 Å². The summed E-state index contributed by atoms with van der Waals surface area (Å²) in [6, 6.07) is 16.7. The van der Waals surface area contributed by atoms with Gasteiger partial charge in [-0.2, -0.15) is 0 Å². The van der Waals surface area contributed by atoms with Crippen LogP contribution < -0.4 is 10.1 Å². The van der Waals surface area contributed by atoms with Gasteiger partial charge in [0.05, 0.1) is 0 Å². The van der Waals surface area contributed by atoms with Crippen LogP contribution in [0.3, 0.4) is 0 Å². The highest BCUT2D eigenvalue weighted by molar-refractivity contribution is 5.29. The third kappa shape index (κ3) is 3.83. The molecular formula is C17H21NO. The van der Waals surface area contributed by atoms with Gasteiger partial charge in [-0.05, 0) is 42.3 Å². The molecule has 2 rings (SSSR count). The molecule has 0 saturated carbocycles. The van der Waals surface area contributed by atoms with Crippen LogP contribution in [-0.4, -0.2) is 7.05 Å². The summed E-state index contributed by atoms with van der Waals surface area (Å²) in [6.45, 7) is 3.64. The molecule has 0 atom stereocenters. The maximum atomic E-state index is 5.85. The quantitative estimate of drug-likeness (QED) is 0.852. The first-order valence-corrected chi connectivity index (χ1v) is 6.76. The molecule has 2 heteroatoms. The van der Waals surface area contributed by atoms with Gasteiger partial charge in [0.1, 0.15) is 12.4 Å². The van der Waals surface area contributed by atoms with E-state index in [4.69, 9.17) is 4.74 Å². The Kier molecular flexibility index (Phi) is 4.99. The van der Waals surface area contributed by atoms with Gasteiger partial charge >= 0.3 is 0 Å². The van der Waals surface area contributed by atoms with E-state index < -0.39 is 0 Å². The van der Waals surface area contributed by atoms with Gasteiger partial charge in [0.2, 0.25) is 0 Å². The van der Waals surface area contributed by atoms with Crippen molar-refractivity contribution in [3.05, 3.63) is 65.2 Å². The fourth-order valence-electron chi connectivity index (χ4n) is 2.04. The zero-order valence-electron chi connectivity index (χ0n) is 11.6. The number of hydrogen-bond acceptors (Lipinski definition) is 2. The van der Waals surface area contributed by atoms with E-state index in [0.717, 1.165) is 18.7 Å². The Balaban J connectivity index is 2.01. The molecule has 0 aromatic heterocycles. The highest BCUT2D eigenvalue weighted by Gasteiger charge is 2.02. The first kappa shape index (κ1) is 13.6. The van der Waals surface area contributed by atoms with Crippen LogP contribution in [0.1, 0.15) is 23.6 Å². The van der Waals surface area contributed by atoms with Crippen molar-refractivity contribution >= 4 is 0 Å². The molecule has 0 aliphatic rings. The van der Waals surface area contributed by atoms with Crippen LogP contribution in [-0.2, 0) is 19.6 Å². The second kappa shape index (κ2) is 6.95. The topological polar surface area (TPSA) is 21.3 Å². The molecule has 0 spiro atoms. The average Bonchev–Trinajstić information content (AvgIpc) is 2.47. The minimum Gasteiger partial charge on any atom is -0.489 e. The summed E-state index contributed by atoms with van der Waals surface area (Å²) in [5.41, 5.74) is 3.86. The van der Waals surface area contributed by atoms with E-state index in [1.165, 1.54) is 16.7 Å². The van der Waals surface area contributed by atoms with Crippen molar-refractivity contribution in [2.24, 2.45) is 0 Å². The van der Waals surface area contributed by atoms with Crippen LogP contribution in [0, 0.1) is 0 Å². The van der Waals surface area contributed by atoms with Crippen molar-refractivity contribution in [1.29, 1.82) is 0 Å². The lowest BCUT2D eigenvalue weighted by Crippen LogP contribution is -2.09. The summed E-state index contributed by atoms with van der Waals surface area (Å²) in [7, 11) is 1.96. The van der Waals surface area contributed by atoms with Gasteiger partial charge in [-0.3, -0.25) is 0 Å². The molecule has 0 fully saturated rings. The zero-order valence-corrected chi connectivity index (χ0v) is 11.6. The number of rotatable bonds is 6. The molecule has 0 aliphatic carbocycles. The maximum absolute atomic E-state index is 5.85. The molecule has 0 radical (unpaired) electrons. The standard InChI is InChI=1S/C17H21NO/c1-3-14-8-10-17(11-9-14)19-13-16-7-5-4-6-15(16)12-18-2/h4-11,18H,3,12-13H2,1-2H3. The molecule has 100 valence electrons. The Morgan fingerprint density at radius 2 is 1.63 bits per heavy atom. The molecule has 19 heavy (non-hydrogen) atoms. The van der Waals surface area contributed by atoms with Crippen LogP contribution in [0.15, 0.2) is 48.5 Å². The van der Waals surface area contributed by atoms with Crippen LogP contribution in [0.25, 0.3) is 0 Å². The van der Waals surface area contributed by atoms with E-state index in [-0.39, 0.29) is 0 Å². The fourth-order valence-corrected chi connectivity index (χ4v) is 2.04. The molecule has 0 saturated heterocycles. The third-order valence-corrected chi connectivity index (χ3v) is 3.21. The number of hydrogen-bond donors (Lipinski definition) is 1. The average molecular weight is 255 g/mol. The van der Waals surface area contributed by atoms with E-state index in [0.29, 0.717) is 6.61 Å². The monoisotopic (exact) mass is 255 g/mol. The van der Waals surface area contributed by atoms with Crippen LogP contribution >= 0.6 is 0 Å². The predicted octanol–water partition coefficient (Wildman–Crippen LogP) is 3.55. The van der Waals surface area contributed by atoms with Crippen molar-refractivity contribution in [3.63, 3.8) is 0 Å². The van der Waals surface area contributed by atoms with Crippen molar-refractivity contribution < 1.29 is 4.74 Å². The summed E-state index contributed by atoms with van der Waals surface area (Å²) in [4.78, 5) is 0. The summed E-state index contributed by atoms with van der Waals surface area (Å²) >= 11 is 0. The third-order valence-electron chi connectivity index (χ3n) is 3.21. The van der Waals surface area contributed by atoms with Gasteiger partial charge in [0.25, 0.3) is 0 Å². The minimum atomic E-state index is 0.614. The van der Waals surface area contributed by atoms with Crippen molar-refractivity contribution in [1.82, 2.24) is 5.32 Å². The minimum absolute atomic E-state index is 0.614. The molecule has 0 amide bonds. The van der Waals surface area contributed by atoms with E-state index in [1.54, 1.807) is 0 Å². The van der Waals surface area contributed by atoms with E-state index in [2.05, 4.69) is 48.6 Å². The highest BCUT2D eigenvalue weighted by Crippen LogP contribution is 2.16. The van der Waals surface area contributed by atoms with Crippen LogP contribution in [0.2, 0.25) is 0 Å². The molecule has 2 aromatic carbocycles. The van der Waals surface area contributed by atoms with Crippen molar-refractivity contribution in [3.8, 4) is 5.75 Å². The van der Waals surface area contributed by atoms with Crippen molar-refractivity contribution in [2.45, 2.75) is 26.5 Å². The number of nitrogens with one attached hydrogen (secondary N) is 1. The predicted molar refractivity (Wildman–Crippen MR) is 79.4 cm³/mol. The van der Waals surface area contributed by atoms with Crippen LogP contribution in [0.5, 0.6) is 5.75 Å². The molecular weight excluding hydrogens is 234 g/mol. The molecule has 2 nitrogen and oxygen atoms in total. The fraction of sp³-hybridized carbons (Fsp3) is 0.294. The van der Waals surface area contributed by atoms with Crippen LogP contribution in [0.4, 0.5) is 0 Å². The Morgan fingerprint density at radius 1 is 0.947 bits per heavy atom. The van der Waals surface area contributed by atoms with Gasteiger partial charge in [-0.25, -0.2) is 0 Å². The Bertz CT molecular complexity index is 505. The molecule has 0 bridgehead atoms. The smallest absolute Gasteiger partial charge is 0.119 e. The largest absolute Gasteiger partial charge is 0.489 e. The van der Waals surface area contributed by atoms with E-state index in [9.17, 15) is 0 Å². The zero-order chi connectivity index (χ0) is 13.5. The Labute approximate surface area is 115 Å². The summed E-state index contributed by atoms with van der Waals surface area (Å²) in [5.74, 6) is 0.927. The van der Waals surface area contributed by atoms with Gasteiger partial charge in [-0.15, -0.1) is 0 Å². The van der Waals surface area contributed by atoms with Gasteiger partial charge in [-0.1, -0.05) is 43.3 Å². The number of benzene rings is 2. The first-order chi connectivity index (χ1) is 9.33. The lowest BCUT2D eigenvalue weighted by atomic mass is 10.1. The molecule has 0 aliphatic heterocycles. The SMILES string of the molecule is CCc1ccc(OCc2ccccc2CNC)cc1. The summed E-state index contributed by atoms with van der Waals surface area (Å²) in [6.07, 6.45) is 1.06. The summed E-state index contributed by atoms with van der Waals surface area (Å²) < 4.78 is 5.85. The second-order valence-corrected chi connectivity index (χ2v) is 4.59.